The normalized spacial score (nSPS) is 15.4. The van der Waals surface area contributed by atoms with Crippen LogP contribution in [0, 0.1) is 0 Å². The van der Waals surface area contributed by atoms with Gasteiger partial charge in [0, 0.05) is 5.69 Å². The lowest BCUT2D eigenvalue weighted by Gasteiger charge is -2.39. The molecule has 1 N–H and O–H groups in total. The van der Waals surface area contributed by atoms with Crippen LogP contribution in [0.5, 0.6) is 0 Å². The summed E-state index contributed by atoms with van der Waals surface area (Å²) in [5.41, 5.74) is 0.320. The minimum Gasteiger partial charge on any atom is -0.455 e. The van der Waals surface area contributed by atoms with Gasteiger partial charge in [0.15, 0.2) is 6.61 Å². The fraction of sp³-hybridized carbons (Fsp3) is 0.300. The lowest BCUT2D eigenvalue weighted by atomic mass is 9.64. The van der Waals surface area contributed by atoms with Crippen LogP contribution in [0.4, 0.5) is 14.5 Å². The molecule has 1 saturated carbocycles. The highest BCUT2D eigenvalue weighted by Gasteiger charge is 2.47. The van der Waals surface area contributed by atoms with Gasteiger partial charge in [0.1, 0.15) is 0 Å². The summed E-state index contributed by atoms with van der Waals surface area (Å²) >= 11 is 0. The van der Waals surface area contributed by atoms with Crippen molar-refractivity contribution in [3.05, 3.63) is 60.2 Å². The Bertz CT molecular complexity index is 987. The van der Waals surface area contributed by atoms with Crippen molar-refractivity contribution in [1.82, 2.24) is 0 Å². The molecule has 2 aromatic carbocycles. The Morgan fingerprint density at radius 2 is 1.66 bits per heavy atom. The van der Waals surface area contributed by atoms with Crippen molar-refractivity contribution in [2.24, 2.45) is 0 Å². The molecule has 6 nitrogen and oxygen atoms in total. The molecule has 1 aliphatic carbocycles. The van der Waals surface area contributed by atoms with E-state index in [4.69, 9.17) is 4.74 Å². The van der Waals surface area contributed by atoms with E-state index in [-0.39, 0.29) is 5.69 Å². The first-order valence-corrected chi connectivity index (χ1v) is 10.4. The van der Waals surface area contributed by atoms with E-state index in [1.54, 1.807) is 0 Å². The van der Waals surface area contributed by atoms with E-state index in [9.17, 15) is 26.8 Å². The van der Waals surface area contributed by atoms with Gasteiger partial charge < -0.3 is 10.1 Å². The quantitative estimate of drug-likeness (QED) is 0.691. The molecule has 3 rings (SSSR count). The average Bonchev–Trinajstić information content (AvgIpc) is 2.67. The van der Waals surface area contributed by atoms with Gasteiger partial charge in [-0.15, -0.1) is 0 Å². The molecule has 1 aliphatic rings. The molecule has 0 aromatic heterocycles. The average molecular weight is 423 g/mol. The maximum absolute atomic E-state index is 12.6. The van der Waals surface area contributed by atoms with E-state index < -0.39 is 44.4 Å². The van der Waals surface area contributed by atoms with Gasteiger partial charge in [-0.1, -0.05) is 36.8 Å². The van der Waals surface area contributed by atoms with Crippen LogP contribution in [0.3, 0.4) is 0 Å². The van der Waals surface area contributed by atoms with Crippen molar-refractivity contribution in [2.45, 2.75) is 35.3 Å². The number of hydrogen-bond donors (Lipinski definition) is 1. The molecule has 154 valence electrons. The molecule has 0 spiro atoms. The predicted molar refractivity (Wildman–Crippen MR) is 101 cm³/mol. The topological polar surface area (TPSA) is 89.5 Å². The Labute approximate surface area is 166 Å². The van der Waals surface area contributed by atoms with Crippen LogP contribution in [-0.2, 0) is 29.6 Å². The van der Waals surface area contributed by atoms with Crippen molar-refractivity contribution in [1.29, 1.82) is 0 Å². The molecule has 0 bridgehead atoms. The molecule has 0 atom stereocenters. The van der Waals surface area contributed by atoms with Crippen molar-refractivity contribution in [3.8, 4) is 0 Å². The summed E-state index contributed by atoms with van der Waals surface area (Å²) in [7, 11) is -4.70. The molecule has 1 amide bonds. The molecule has 0 saturated heterocycles. The summed E-state index contributed by atoms with van der Waals surface area (Å²) in [4.78, 5) is 24.1. The molecule has 0 radical (unpaired) electrons. The first kappa shape index (κ1) is 20.9. The Kier molecular flexibility index (Phi) is 5.97. The number of carbonyl (C=O) groups is 2. The van der Waals surface area contributed by atoms with Crippen molar-refractivity contribution >= 4 is 27.4 Å². The SMILES string of the molecule is O=C(COC(=O)C1(c2ccccc2)CCC1)Nc1ccc(S(=O)(=O)C(F)F)cc1. The van der Waals surface area contributed by atoms with Gasteiger partial charge in [-0.3, -0.25) is 9.59 Å². The van der Waals surface area contributed by atoms with Gasteiger partial charge in [-0.05, 0) is 42.7 Å². The van der Waals surface area contributed by atoms with Crippen LogP contribution in [0.2, 0.25) is 0 Å². The summed E-state index contributed by atoms with van der Waals surface area (Å²) in [6, 6.07) is 13.6. The van der Waals surface area contributed by atoms with E-state index in [1.807, 2.05) is 30.3 Å². The molecule has 9 heteroatoms. The number of halogens is 2. The Morgan fingerprint density at radius 1 is 1.03 bits per heavy atom. The smallest absolute Gasteiger partial charge is 0.341 e. The fourth-order valence-corrected chi connectivity index (χ4v) is 3.92. The molecule has 0 heterocycles. The van der Waals surface area contributed by atoms with E-state index in [1.165, 1.54) is 12.1 Å². The fourth-order valence-electron chi connectivity index (χ4n) is 3.20. The third-order valence-corrected chi connectivity index (χ3v) is 6.36. The lowest BCUT2D eigenvalue weighted by Crippen LogP contribution is -2.44. The van der Waals surface area contributed by atoms with Gasteiger partial charge in [0.05, 0.1) is 10.3 Å². The second kappa shape index (κ2) is 8.28. The summed E-state index contributed by atoms with van der Waals surface area (Å²) in [5.74, 6) is -4.61. The zero-order chi connectivity index (χ0) is 21.1. The standard InChI is InChI=1S/C20H19F2NO5S/c21-19(22)29(26,27)16-9-7-15(8-10-16)23-17(24)13-28-18(25)20(11-4-12-20)14-5-2-1-3-6-14/h1-3,5-10,19H,4,11-13H2,(H,23,24). The zero-order valence-electron chi connectivity index (χ0n) is 15.3. The summed E-state index contributed by atoms with van der Waals surface area (Å²) in [6.45, 7) is -0.509. The Morgan fingerprint density at radius 3 is 2.17 bits per heavy atom. The lowest BCUT2D eigenvalue weighted by molar-refractivity contribution is -0.156. The highest BCUT2D eigenvalue weighted by atomic mass is 32.2. The number of rotatable bonds is 7. The zero-order valence-corrected chi connectivity index (χ0v) is 16.1. The molecule has 2 aromatic rings. The molecule has 0 aliphatic heterocycles. The van der Waals surface area contributed by atoms with Crippen LogP contribution in [0.15, 0.2) is 59.5 Å². The van der Waals surface area contributed by atoms with E-state index in [0.29, 0.717) is 12.8 Å². The molecule has 1 fully saturated rings. The molecule has 0 unspecified atom stereocenters. The number of sulfone groups is 1. The van der Waals surface area contributed by atoms with Crippen LogP contribution in [-0.4, -0.2) is 32.7 Å². The molecular formula is C20H19F2NO5S. The van der Waals surface area contributed by atoms with Gasteiger partial charge in [0.2, 0.25) is 9.84 Å². The Hall–Kier alpha value is -2.81. The van der Waals surface area contributed by atoms with Crippen LogP contribution < -0.4 is 5.32 Å². The second-order valence-corrected chi connectivity index (χ2v) is 8.67. The maximum atomic E-state index is 12.6. The van der Waals surface area contributed by atoms with Crippen LogP contribution in [0.1, 0.15) is 24.8 Å². The van der Waals surface area contributed by atoms with Gasteiger partial charge in [0.25, 0.3) is 5.91 Å². The third-order valence-electron chi connectivity index (χ3n) is 4.96. The molecule has 29 heavy (non-hydrogen) atoms. The van der Waals surface area contributed by atoms with Crippen molar-refractivity contribution in [3.63, 3.8) is 0 Å². The molecular weight excluding hydrogens is 404 g/mol. The van der Waals surface area contributed by atoms with Gasteiger partial charge in [-0.25, -0.2) is 8.42 Å². The number of esters is 1. The van der Waals surface area contributed by atoms with Gasteiger partial charge >= 0.3 is 11.7 Å². The predicted octanol–water partition coefficient (Wildman–Crippen LogP) is 3.29. The third kappa shape index (κ3) is 4.29. The van der Waals surface area contributed by atoms with E-state index in [2.05, 4.69) is 5.32 Å². The van der Waals surface area contributed by atoms with E-state index in [0.717, 1.165) is 24.1 Å². The number of ether oxygens (including phenoxy) is 1. The monoisotopic (exact) mass is 423 g/mol. The minimum atomic E-state index is -4.70. The largest absolute Gasteiger partial charge is 0.455 e. The summed E-state index contributed by atoms with van der Waals surface area (Å²) < 4.78 is 53.1. The number of hydrogen-bond acceptors (Lipinski definition) is 5. The number of carbonyl (C=O) groups excluding carboxylic acids is 2. The van der Waals surface area contributed by atoms with Crippen molar-refractivity contribution in [2.75, 3.05) is 11.9 Å². The number of benzene rings is 2. The number of nitrogens with one attached hydrogen (secondary N) is 1. The first-order chi connectivity index (χ1) is 13.8. The highest BCUT2D eigenvalue weighted by Crippen LogP contribution is 2.44. The van der Waals surface area contributed by atoms with E-state index >= 15 is 0 Å². The minimum absolute atomic E-state index is 0.195. The maximum Gasteiger partial charge on any atom is 0.341 e. The van der Waals surface area contributed by atoms with Gasteiger partial charge in [-0.2, -0.15) is 8.78 Å². The number of alkyl halides is 2. The summed E-state index contributed by atoms with van der Waals surface area (Å²) in [5, 5.41) is 2.43. The highest BCUT2D eigenvalue weighted by molar-refractivity contribution is 7.91. The Balaban J connectivity index is 1.58. The summed E-state index contributed by atoms with van der Waals surface area (Å²) in [6.07, 6.45) is 2.19. The number of anilines is 1. The van der Waals surface area contributed by atoms with Crippen molar-refractivity contribution < 1.29 is 31.5 Å². The second-order valence-electron chi connectivity index (χ2n) is 6.76. The first-order valence-electron chi connectivity index (χ1n) is 8.90. The van der Waals surface area contributed by atoms with Crippen LogP contribution in [0.25, 0.3) is 0 Å². The number of amides is 1. The van der Waals surface area contributed by atoms with Crippen LogP contribution >= 0.6 is 0 Å².